The molecule has 2 N–H and O–H groups in total. The van der Waals surface area contributed by atoms with Crippen LogP contribution in [0.5, 0.6) is 0 Å². The van der Waals surface area contributed by atoms with Gasteiger partial charge in [0, 0.05) is 13.1 Å². The first-order valence-electron chi connectivity index (χ1n) is 6.40. The summed E-state index contributed by atoms with van der Waals surface area (Å²) in [6, 6.07) is 6.14. The van der Waals surface area contributed by atoms with Gasteiger partial charge >= 0.3 is 0 Å². The third kappa shape index (κ3) is 3.07. The van der Waals surface area contributed by atoms with Gasteiger partial charge in [0.15, 0.2) is 0 Å². The molecule has 1 saturated carbocycles. The fourth-order valence-corrected chi connectivity index (χ4v) is 2.71. The number of carbonyl (C=O) groups excluding carboxylic acids is 1. The monoisotopic (exact) mass is 329 g/mol. The second-order valence-corrected chi connectivity index (χ2v) is 6.65. The van der Waals surface area contributed by atoms with E-state index in [4.69, 9.17) is 28.5 Å². The molecule has 1 unspecified atom stereocenters. The van der Waals surface area contributed by atoms with Gasteiger partial charge in [-0.25, -0.2) is 4.39 Å². The van der Waals surface area contributed by atoms with E-state index in [2.05, 4.69) is 10.6 Å². The molecule has 1 fully saturated rings. The first-order chi connectivity index (χ1) is 9.82. The van der Waals surface area contributed by atoms with Crippen LogP contribution in [0.4, 0.5) is 10.1 Å². The fourth-order valence-electron chi connectivity index (χ4n) is 2.00. The van der Waals surface area contributed by atoms with Crippen molar-refractivity contribution in [1.82, 2.24) is 5.32 Å². The van der Waals surface area contributed by atoms with E-state index in [-0.39, 0.29) is 11.5 Å². The minimum Gasteiger partial charge on any atom is -0.382 e. The van der Waals surface area contributed by atoms with Crippen molar-refractivity contribution in [3.8, 4) is 6.07 Å². The van der Waals surface area contributed by atoms with Crippen LogP contribution < -0.4 is 10.6 Å². The molecule has 0 heterocycles. The number of amides is 1. The molecule has 0 bridgehead atoms. The summed E-state index contributed by atoms with van der Waals surface area (Å²) in [4.78, 5) is 11.9. The van der Waals surface area contributed by atoms with Gasteiger partial charge in [0.2, 0.25) is 5.91 Å². The highest BCUT2D eigenvalue weighted by molar-refractivity contribution is 6.53. The highest BCUT2D eigenvalue weighted by atomic mass is 35.5. The average Bonchev–Trinajstić information content (AvgIpc) is 2.95. The minimum absolute atomic E-state index is 0.0430. The molecule has 1 atom stereocenters. The van der Waals surface area contributed by atoms with Crippen molar-refractivity contribution >= 4 is 34.8 Å². The molecule has 7 heteroatoms. The van der Waals surface area contributed by atoms with Crippen LogP contribution in [-0.2, 0) is 4.79 Å². The zero-order valence-electron chi connectivity index (χ0n) is 11.3. The summed E-state index contributed by atoms with van der Waals surface area (Å²) in [6.07, 6.45) is 0.421. The van der Waals surface area contributed by atoms with Crippen molar-refractivity contribution in [3.05, 3.63) is 29.6 Å². The molecule has 21 heavy (non-hydrogen) atoms. The number of nitrogens with zero attached hydrogens (tertiary/aromatic N) is 1. The first kappa shape index (κ1) is 15.9. The number of rotatable bonds is 5. The summed E-state index contributed by atoms with van der Waals surface area (Å²) in [5.41, 5.74) is -0.404. The number of hydrogen-bond donors (Lipinski definition) is 2. The van der Waals surface area contributed by atoms with Crippen LogP contribution in [-0.4, -0.2) is 23.3 Å². The summed E-state index contributed by atoms with van der Waals surface area (Å²) in [5.74, 6) is -0.792. The molecule has 4 nitrogen and oxygen atoms in total. The van der Waals surface area contributed by atoms with Gasteiger partial charge in [0.05, 0.1) is 11.1 Å². The Hall–Kier alpha value is -1.51. The van der Waals surface area contributed by atoms with Crippen molar-refractivity contribution in [1.29, 1.82) is 5.26 Å². The number of hydrogen-bond acceptors (Lipinski definition) is 3. The predicted molar refractivity (Wildman–Crippen MR) is 79.8 cm³/mol. The molecule has 1 aromatic rings. The number of halogens is 3. The SMILES string of the molecule is CC1(C(=O)NCCNc2cccc(F)c2C#N)CC1(Cl)Cl. The molecule has 0 aromatic heterocycles. The molecule has 1 aliphatic carbocycles. The molecule has 1 aromatic carbocycles. The number of nitrogens with one attached hydrogen (secondary N) is 2. The van der Waals surface area contributed by atoms with Crippen LogP contribution in [0.2, 0.25) is 0 Å². The predicted octanol–water partition coefficient (Wildman–Crippen LogP) is 2.81. The van der Waals surface area contributed by atoms with Gasteiger partial charge in [-0.3, -0.25) is 4.79 Å². The van der Waals surface area contributed by atoms with Crippen LogP contribution in [0.15, 0.2) is 18.2 Å². The highest BCUT2D eigenvalue weighted by Gasteiger charge is 2.67. The van der Waals surface area contributed by atoms with Crippen LogP contribution in [0, 0.1) is 22.6 Å². The second-order valence-electron chi connectivity index (χ2n) is 5.17. The molecular formula is C14H14Cl2FN3O. The Balaban J connectivity index is 1.83. The van der Waals surface area contributed by atoms with E-state index in [1.54, 1.807) is 19.1 Å². The number of alkyl halides is 2. The standard InChI is InChI=1S/C14H14Cl2FN3O/c1-13(8-14(13,15)16)12(21)20-6-5-19-11-4-2-3-10(17)9(11)7-18/h2-4,19H,5-6,8H2,1H3,(H,20,21). The van der Waals surface area contributed by atoms with Crippen molar-refractivity contribution in [2.75, 3.05) is 18.4 Å². The minimum atomic E-state index is -0.999. The van der Waals surface area contributed by atoms with Gasteiger partial charge in [-0.15, -0.1) is 23.2 Å². The van der Waals surface area contributed by atoms with E-state index >= 15 is 0 Å². The van der Waals surface area contributed by atoms with Gasteiger partial charge in [-0.2, -0.15) is 5.26 Å². The van der Waals surface area contributed by atoms with Gasteiger partial charge in [0.1, 0.15) is 21.8 Å². The maximum Gasteiger partial charge on any atom is 0.229 e. The Kier molecular flexibility index (Phi) is 4.31. The molecule has 2 rings (SSSR count). The van der Waals surface area contributed by atoms with E-state index in [0.29, 0.717) is 25.2 Å². The maximum absolute atomic E-state index is 13.4. The topological polar surface area (TPSA) is 64.9 Å². The number of nitriles is 1. The Labute approximate surface area is 132 Å². The third-order valence-electron chi connectivity index (χ3n) is 3.61. The normalized spacial score (nSPS) is 22.2. The smallest absolute Gasteiger partial charge is 0.229 e. The second kappa shape index (κ2) is 5.70. The van der Waals surface area contributed by atoms with Gasteiger partial charge in [0.25, 0.3) is 0 Å². The molecule has 0 spiro atoms. The first-order valence-corrected chi connectivity index (χ1v) is 7.16. The molecule has 0 radical (unpaired) electrons. The fraction of sp³-hybridized carbons (Fsp3) is 0.429. The largest absolute Gasteiger partial charge is 0.382 e. The number of carbonyl (C=O) groups is 1. The Morgan fingerprint density at radius 2 is 2.14 bits per heavy atom. The lowest BCUT2D eigenvalue weighted by atomic mass is 10.1. The van der Waals surface area contributed by atoms with E-state index < -0.39 is 15.6 Å². The highest BCUT2D eigenvalue weighted by Crippen LogP contribution is 2.63. The van der Waals surface area contributed by atoms with E-state index in [1.165, 1.54) is 12.1 Å². The summed E-state index contributed by atoms with van der Waals surface area (Å²) in [7, 11) is 0. The summed E-state index contributed by atoms with van der Waals surface area (Å²) in [6.45, 7) is 2.38. The third-order valence-corrected chi connectivity index (χ3v) is 4.71. The zero-order valence-corrected chi connectivity index (χ0v) is 12.9. The van der Waals surface area contributed by atoms with Crippen LogP contribution in [0.1, 0.15) is 18.9 Å². The lowest BCUT2D eigenvalue weighted by Crippen LogP contribution is -2.36. The molecule has 1 amide bonds. The van der Waals surface area contributed by atoms with Crippen LogP contribution in [0.25, 0.3) is 0 Å². The molecule has 0 aliphatic heterocycles. The maximum atomic E-state index is 13.4. The summed E-state index contributed by atoms with van der Waals surface area (Å²) < 4.78 is 12.4. The Morgan fingerprint density at radius 1 is 1.48 bits per heavy atom. The van der Waals surface area contributed by atoms with Gasteiger partial charge < -0.3 is 10.6 Å². The lowest BCUT2D eigenvalue weighted by molar-refractivity contribution is -0.125. The quantitative estimate of drug-likeness (QED) is 0.644. The lowest BCUT2D eigenvalue weighted by Gasteiger charge is -2.13. The average molecular weight is 330 g/mol. The van der Waals surface area contributed by atoms with Gasteiger partial charge in [-0.1, -0.05) is 6.07 Å². The molecule has 112 valence electrons. The molecular weight excluding hydrogens is 316 g/mol. The van der Waals surface area contributed by atoms with Gasteiger partial charge in [-0.05, 0) is 25.5 Å². The van der Waals surface area contributed by atoms with Crippen LogP contribution in [0.3, 0.4) is 0 Å². The van der Waals surface area contributed by atoms with Crippen molar-refractivity contribution in [2.45, 2.75) is 17.7 Å². The molecule has 1 aliphatic rings. The van der Waals surface area contributed by atoms with Crippen molar-refractivity contribution in [2.24, 2.45) is 5.41 Å². The number of benzene rings is 1. The number of anilines is 1. The van der Waals surface area contributed by atoms with Crippen LogP contribution >= 0.6 is 23.2 Å². The summed E-state index contributed by atoms with van der Waals surface area (Å²) >= 11 is 11.8. The van der Waals surface area contributed by atoms with E-state index in [1.807, 2.05) is 0 Å². The Bertz CT molecular complexity index is 615. The van der Waals surface area contributed by atoms with Crippen molar-refractivity contribution in [3.63, 3.8) is 0 Å². The molecule has 0 saturated heterocycles. The summed E-state index contributed by atoms with van der Waals surface area (Å²) in [5, 5.41) is 14.5. The van der Waals surface area contributed by atoms with E-state index in [0.717, 1.165) is 0 Å². The van der Waals surface area contributed by atoms with Crippen molar-refractivity contribution < 1.29 is 9.18 Å². The Morgan fingerprint density at radius 3 is 2.71 bits per heavy atom. The van der Waals surface area contributed by atoms with E-state index in [9.17, 15) is 9.18 Å². The zero-order chi connectivity index (χ0) is 15.7.